The molecule has 1 aromatic rings. The molecule has 0 aromatic heterocycles. The van der Waals surface area contributed by atoms with Crippen molar-refractivity contribution in [2.45, 2.75) is 64.1 Å². The third-order valence-electron chi connectivity index (χ3n) is 3.67. The van der Waals surface area contributed by atoms with Crippen molar-refractivity contribution in [3.8, 4) is 5.75 Å². The summed E-state index contributed by atoms with van der Waals surface area (Å²) in [4.78, 5) is 0. The van der Waals surface area contributed by atoms with Gasteiger partial charge in [0, 0.05) is 13.5 Å². The van der Waals surface area contributed by atoms with Gasteiger partial charge in [-0.2, -0.15) is 0 Å². The van der Waals surface area contributed by atoms with E-state index >= 15 is 0 Å². The third-order valence-corrected chi connectivity index (χ3v) is 3.67. The third kappa shape index (κ3) is 7.49. The number of ether oxygens (including phenoxy) is 2. The van der Waals surface area contributed by atoms with E-state index in [2.05, 4.69) is 6.92 Å². The highest BCUT2D eigenvalue weighted by Gasteiger charge is 2.47. The molecule has 2 rings (SSSR count). The number of para-hydroxylation sites is 1. The van der Waals surface area contributed by atoms with Crippen LogP contribution in [0.25, 0.3) is 0 Å². The van der Waals surface area contributed by atoms with Crippen LogP contribution < -0.4 is 4.74 Å². The molecule has 1 saturated heterocycles. The van der Waals surface area contributed by atoms with Gasteiger partial charge in [-0.15, -0.1) is 0 Å². The summed E-state index contributed by atoms with van der Waals surface area (Å²) in [6.07, 6.45) is 10.3. The number of unbranched alkanes of at least 4 members (excludes halogenated alkanes) is 6. The van der Waals surface area contributed by atoms with Crippen molar-refractivity contribution in [3.63, 3.8) is 0 Å². The molecule has 1 heterocycles. The Balaban J connectivity index is 0.00000106. The van der Waals surface area contributed by atoms with E-state index in [0.717, 1.165) is 25.9 Å². The predicted octanol–water partition coefficient (Wildman–Crippen LogP) is 4.54. The minimum absolute atomic E-state index is 0.301. The van der Waals surface area contributed by atoms with Gasteiger partial charge in [-0.25, -0.2) is 0 Å². The lowest BCUT2D eigenvalue weighted by Crippen LogP contribution is -2.19. The summed E-state index contributed by atoms with van der Waals surface area (Å²) in [5.74, 6) is 0.619. The molecule has 0 radical (unpaired) electrons. The van der Waals surface area contributed by atoms with Crippen LogP contribution >= 0.6 is 0 Å². The van der Waals surface area contributed by atoms with Crippen LogP contribution in [-0.4, -0.2) is 24.6 Å². The quantitative estimate of drug-likeness (QED) is 0.509. The summed E-state index contributed by atoms with van der Waals surface area (Å²) in [5, 5.41) is 7.00. The lowest BCUT2D eigenvalue weighted by Gasteiger charge is -2.14. The zero-order valence-corrected chi connectivity index (χ0v) is 13.5. The van der Waals surface area contributed by atoms with Gasteiger partial charge in [0.05, 0.1) is 0 Å². The van der Waals surface area contributed by atoms with Gasteiger partial charge in [-0.3, -0.25) is 0 Å². The first-order chi connectivity index (χ1) is 10.3. The smallest absolute Gasteiger partial charge is 0.234 e. The van der Waals surface area contributed by atoms with E-state index in [-0.39, 0.29) is 5.79 Å². The average Bonchev–Trinajstić information content (AvgIpc) is 3.29. The first-order valence-corrected chi connectivity index (χ1v) is 8.17. The summed E-state index contributed by atoms with van der Waals surface area (Å²) in [6.45, 7) is 3.01. The lowest BCUT2D eigenvalue weighted by molar-refractivity contribution is 0.0513. The van der Waals surface area contributed by atoms with Crippen molar-refractivity contribution >= 4 is 0 Å². The average molecular weight is 294 g/mol. The van der Waals surface area contributed by atoms with Gasteiger partial charge in [0.15, 0.2) is 0 Å². The Bertz CT molecular complexity index is 347. The maximum atomic E-state index is 7.00. The van der Waals surface area contributed by atoms with Gasteiger partial charge in [0.25, 0.3) is 0 Å². The molecule has 0 spiro atoms. The van der Waals surface area contributed by atoms with E-state index in [0.29, 0.717) is 0 Å². The molecule has 120 valence electrons. The molecule has 0 amide bonds. The molecule has 3 nitrogen and oxygen atoms in total. The first-order valence-electron chi connectivity index (χ1n) is 8.17. The Labute approximate surface area is 129 Å². The maximum Gasteiger partial charge on any atom is 0.234 e. The van der Waals surface area contributed by atoms with Gasteiger partial charge >= 0.3 is 0 Å². The monoisotopic (exact) mass is 294 g/mol. The molecule has 0 saturated carbocycles. The largest absolute Gasteiger partial charge is 0.460 e. The van der Waals surface area contributed by atoms with E-state index in [9.17, 15) is 0 Å². The Hall–Kier alpha value is -1.06. The van der Waals surface area contributed by atoms with Crippen molar-refractivity contribution in [1.29, 1.82) is 0 Å². The Morgan fingerprint density at radius 1 is 1.00 bits per heavy atom. The summed E-state index contributed by atoms with van der Waals surface area (Å²) < 4.78 is 11.5. The molecule has 3 heteroatoms. The minimum atomic E-state index is -0.301. The summed E-state index contributed by atoms with van der Waals surface area (Å²) in [6, 6.07) is 9.99. The molecule has 1 aliphatic heterocycles. The van der Waals surface area contributed by atoms with Crippen LogP contribution in [0, 0.1) is 0 Å². The van der Waals surface area contributed by atoms with Crippen molar-refractivity contribution in [2.75, 3.05) is 13.7 Å². The summed E-state index contributed by atoms with van der Waals surface area (Å²) in [7, 11) is 1.00. The fourth-order valence-corrected chi connectivity index (χ4v) is 2.39. The maximum absolute atomic E-state index is 7.00. The SMILES string of the molecule is CCCCCCCCCC1(Oc2ccccc2)CO1.CO. The zero-order valence-electron chi connectivity index (χ0n) is 13.5. The second-order valence-electron chi connectivity index (χ2n) is 5.49. The molecule has 1 fully saturated rings. The van der Waals surface area contributed by atoms with Gasteiger partial charge in [-0.05, 0) is 18.6 Å². The van der Waals surface area contributed by atoms with Crippen LogP contribution in [0.3, 0.4) is 0 Å². The van der Waals surface area contributed by atoms with Crippen LogP contribution in [0.4, 0.5) is 0 Å². The minimum Gasteiger partial charge on any atom is -0.460 e. The van der Waals surface area contributed by atoms with Gasteiger partial charge in [0.2, 0.25) is 5.79 Å². The van der Waals surface area contributed by atoms with Crippen LogP contribution in [0.15, 0.2) is 30.3 Å². The van der Waals surface area contributed by atoms with Gasteiger partial charge in [-0.1, -0.05) is 63.6 Å². The highest BCUT2D eigenvalue weighted by Crippen LogP contribution is 2.35. The van der Waals surface area contributed by atoms with Crippen molar-refractivity contribution in [1.82, 2.24) is 0 Å². The number of aliphatic hydroxyl groups excluding tert-OH is 1. The van der Waals surface area contributed by atoms with E-state index in [1.165, 1.54) is 44.9 Å². The van der Waals surface area contributed by atoms with Crippen molar-refractivity contribution < 1.29 is 14.6 Å². The number of rotatable bonds is 10. The predicted molar refractivity (Wildman–Crippen MR) is 86.5 cm³/mol. The standard InChI is InChI=1S/C17H26O2.CH4O/c1-2-3-4-5-6-7-11-14-17(15-18-17)19-16-12-9-8-10-13-16;1-2/h8-10,12-13H,2-7,11,14-15H2,1H3;2H,1H3. The van der Waals surface area contributed by atoms with Gasteiger partial charge < -0.3 is 14.6 Å². The number of benzene rings is 1. The fourth-order valence-electron chi connectivity index (χ4n) is 2.39. The van der Waals surface area contributed by atoms with E-state index in [1.807, 2.05) is 30.3 Å². The topological polar surface area (TPSA) is 42.0 Å². The molecule has 1 unspecified atom stereocenters. The molecular formula is C18H30O3. The van der Waals surface area contributed by atoms with Gasteiger partial charge in [0.1, 0.15) is 12.4 Å². The second-order valence-corrected chi connectivity index (χ2v) is 5.49. The second kappa shape index (κ2) is 10.6. The summed E-state index contributed by atoms with van der Waals surface area (Å²) in [5.41, 5.74) is 0. The highest BCUT2D eigenvalue weighted by atomic mass is 16.8. The number of aliphatic hydroxyl groups is 1. The van der Waals surface area contributed by atoms with Crippen LogP contribution in [0.1, 0.15) is 58.3 Å². The number of hydrogen-bond donors (Lipinski definition) is 1. The number of epoxide rings is 1. The summed E-state index contributed by atoms with van der Waals surface area (Å²) >= 11 is 0. The van der Waals surface area contributed by atoms with Crippen LogP contribution in [-0.2, 0) is 4.74 Å². The van der Waals surface area contributed by atoms with E-state index in [1.54, 1.807) is 0 Å². The van der Waals surface area contributed by atoms with Crippen LogP contribution in [0.5, 0.6) is 5.75 Å². The molecule has 0 bridgehead atoms. The molecule has 1 aliphatic rings. The fraction of sp³-hybridized carbons (Fsp3) is 0.667. The van der Waals surface area contributed by atoms with Crippen LogP contribution in [0.2, 0.25) is 0 Å². The first kappa shape index (κ1) is 18.0. The number of hydrogen-bond acceptors (Lipinski definition) is 3. The molecule has 0 aliphatic carbocycles. The van der Waals surface area contributed by atoms with Crippen molar-refractivity contribution in [2.24, 2.45) is 0 Å². The van der Waals surface area contributed by atoms with E-state index in [4.69, 9.17) is 14.6 Å². The van der Waals surface area contributed by atoms with Crippen molar-refractivity contribution in [3.05, 3.63) is 30.3 Å². The lowest BCUT2D eigenvalue weighted by atomic mass is 10.1. The molecule has 1 N–H and O–H groups in total. The normalized spacial score (nSPS) is 19.6. The highest BCUT2D eigenvalue weighted by molar-refractivity contribution is 5.22. The Morgan fingerprint density at radius 3 is 2.14 bits per heavy atom. The molecule has 1 aromatic carbocycles. The Morgan fingerprint density at radius 2 is 1.57 bits per heavy atom. The van der Waals surface area contributed by atoms with E-state index < -0.39 is 0 Å². The zero-order chi connectivity index (χ0) is 15.4. The molecular weight excluding hydrogens is 264 g/mol. The molecule has 1 atom stereocenters. The molecule has 21 heavy (non-hydrogen) atoms. The Kier molecular flexibility index (Phi) is 9.11.